The summed E-state index contributed by atoms with van der Waals surface area (Å²) in [6, 6.07) is 0. The fourth-order valence-corrected chi connectivity index (χ4v) is 3.65. The van der Waals surface area contributed by atoms with Crippen LogP contribution in [0, 0.1) is 5.92 Å². The van der Waals surface area contributed by atoms with Gasteiger partial charge in [0.25, 0.3) is 0 Å². The molecule has 0 aromatic carbocycles. The van der Waals surface area contributed by atoms with E-state index in [1.165, 1.54) is 19.3 Å². The molecule has 2 atom stereocenters. The van der Waals surface area contributed by atoms with Crippen LogP contribution in [0.15, 0.2) is 0 Å². The van der Waals surface area contributed by atoms with Crippen molar-refractivity contribution < 1.29 is 8.42 Å². The number of unbranched alkanes of at least 4 members (excludes halogenated alkanes) is 1. The molecule has 0 aliphatic carbocycles. The van der Waals surface area contributed by atoms with E-state index in [4.69, 9.17) is 0 Å². The van der Waals surface area contributed by atoms with Gasteiger partial charge in [0.1, 0.15) is 0 Å². The Bertz CT molecular complexity index is 244. The Labute approximate surface area is 81.6 Å². The van der Waals surface area contributed by atoms with Crippen molar-refractivity contribution in [3.05, 3.63) is 0 Å². The average Bonchev–Trinajstić information content (AvgIpc) is 2.07. The van der Waals surface area contributed by atoms with Gasteiger partial charge in [0, 0.05) is 0 Å². The highest BCUT2D eigenvalue weighted by Gasteiger charge is 2.29. The van der Waals surface area contributed by atoms with Gasteiger partial charge in [-0.2, -0.15) is 0 Å². The molecule has 2 unspecified atom stereocenters. The van der Waals surface area contributed by atoms with E-state index in [0.29, 0.717) is 11.7 Å². The highest BCUT2D eigenvalue weighted by Crippen LogP contribution is 2.28. The molecule has 1 aliphatic heterocycles. The summed E-state index contributed by atoms with van der Waals surface area (Å²) in [7, 11) is -2.72. The monoisotopic (exact) mass is 204 g/mol. The standard InChI is InChI=1S/C10H20O2S/c1-3-4-5-10-6-7-13(11,12)9(2)8-10/h9-10H,3-8H2,1-2H3. The van der Waals surface area contributed by atoms with E-state index in [1.54, 1.807) is 0 Å². The zero-order chi connectivity index (χ0) is 9.90. The van der Waals surface area contributed by atoms with Crippen LogP contribution in [0.4, 0.5) is 0 Å². The van der Waals surface area contributed by atoms with E-state index in [-0.39, 0.29) is 5.25 Å². The van der Waals surface area contributed by atoms with Crippen LogP contribution in [0.3, 0.4) is 0 Å². The first-order chi connectivity index (χ1) is 6.06. The summed E-state index contributed by atoms with van der Waals surface area (Å²) in [5.41, 5.74) is 0. The molecular weight excluding hydrogens is 184 g/mol. The highest BCUT2D eigenvalue weighted by atomic mass is 32.2. The van der Waals surface area contributed by atoms with Crippen molar-refractivity contribution >= 4 is 9.84 Å². The van der Waals surface area contributed by atoms with Crippen molar-refractivity contribution in [3.63, 3.8) is 0 Å². The Hall–Kier alpha value is -0.0500. The second-order valence-electron chi connectivity index (χ2n) is 4.21. The van der Waals surface area contributed by atoms with Gasteiger partial charge in [-0.25, -0.2) is 8.42 Å². The quantitative estimate of drug-likeness (QED) is 0.707. The molecule has 0 spiro atoms. The molecule has 0 aromatic heterocycles. The van der Waals surface area contributed by atoms with Crippen molar-refractivity contribution in [1.29, 1.82) is 0 Å². The summed E-state index contributed by atoms with van der Waals surface area (Å²) in [5, 5.41) is -0.0943. The summed E-state index contributed by atoms with van der Waals surface area (Å²) in [6.45, 7) is 4.04. The van der Waals surface area contributed by atoms with E-state index in [9.17, 15) is 8.42 Å². The maximum absolute atomic E-state index is 11.4. The highest BCUT2D eigenvalue weighted by molar-refractivity contribution is 7.92. The number of rotatable bonds is 3. The molecule has 78 valence electrons. The Morgan fingerprint density at radius 2 is 2.08 bits per heavy atom. The normalized spacial score (nSPS) is 33.1. The number of hydrogen-bond acceptors (Lipinski definition) is 2. The van der Waals surface area contributed by atoms with Crippen LogP contribution in [0.5, 0.6) is 0 Å². The third kappa shape index (κ3) is 2.97. The van der Waals surface area contributed by atoms with Gasteiger partial charge >= 0.3 is 0 Å². The minimum Gasteiger partial charge on any atom is -0.229 e. The minimum atomic E-state index is -2.72. The summed E-state index contributed by atoms with van der Waals surface area (Å²) in [6.07, 6.45) is 5.47. The zero-order valence-electron chi connectivity index (χ0n) is 8.62. The van der Waals surface area contributed by atoms with Gasteiger partial charge < -0.3 is 0 Å². The van der Waals surface area contributed by atoms with Gasteiger partial charge in [-0.05, 0) is 25.7 Å². The Morgan fingerprint density at radius 1 is 1.38 bits per heavy atom. The van der Waals surface area contributed by atoms with Crippen LogP contribution in [0.1, 0.15) is 46.0 Å². The summed E-state index contributed by atoms with van der Waals surface area (Å²) in [4.78, 5) is 0. The van der Waals surface area contributed by atoms with E-state index >= 15 is 0 Å². The second kappa shape index (κ2) is 4.45. The van der Waals surface area contributed by atoms with Crippen molar-refractivity contribution in [2.75, 3.05) is 5.75 Å². The van der Waals surface area contributed by atoms with E-state index < -0.39 is 9.84 Å². The first kappa shape index (κ1) is 11.0. The first-order valence-corrected chi connectivity index (χ1v) is 6.99. The molecule has 1 fully saturated rings. The van der Waals surface area contributed by atoms with Crippen LogP contribution in [-0.4, -0.2) is 19.4 Å². The Kier molecular flexibility index (Phi) is 3.77. The first-order valence-electron chi connectivity index (χ1n) is 5.28. The van der Waals surface area contributed by atoms with Crippen molar-refractivity contribution in [2.45, 2.75) is 51.2 Å². The zero-order valence-corrected chi connectivity index (χ0v) is 9.44. The van der Waals surface area contributed by atoms with Gasteiger partial charge in [-0.3, -0.25) is 0 Å². The molecule has 0 bridgehead atoms. The lowest BCUT2D eigenvalue weighted by atomic mass is 9.94. The van der Waals surface area contributed by atoms with Crippen LogP contribution < -0.4 is 0 Å². The van der Waals surface area contributed by atoms with Crippen LogP contribution >= 0.6 is 0 Å². The maximum Gasteiger partial charge on any atom is 0.152 e. The molecule has 13 heavy (non-hydrogen) atoms. The number of hydrogen-bond donors (Lipinski definition) is 0. The molecular formula is C10H20O2S. The molecule has 0 radical (unpaired) electrons. The smallest absolute Gasteiger partial charge is 0.152 e. The van der Waals surface area contributed by atoms with Crippen LogP contribution in [0.2, 0.25) is 0 Å². The van der Waals surface area contributed by atoms with Gasteiger partial charge in [-0.15, -0.1) is 0 Å². The third-order valence-corrected chi connectivity index (χ3v) is 5.28. The molecule has 0 aromatic rings. The van der Waals surface area contributed by atoms with Gasteiger partial charge in [-0.1, -0.05) is 26.2 Å². The summed E-state index contributed by atoms with van der Waals surface area (Å²) in [5.74, 6) is 1.08. The summed E-state index contributed by atoms with van der Waals surface area (Å²) >= 11 is 0. The maximum atomic E-state index is 11.4. The Morgan fingerprint density at radius 3 is 2.62 bits per heavy atom. The molecule has 1 rings (SSSR count). The van der Waals surface area contributed by atoms with Crippen molar-refractivity contribution in [3.8, 4) is 0 Å². The van der Waals surface area contributed by atoms with Crippen LogP contribution in [-0.2, 0) is 9.84 Å². The lowest BCUT2D eigenvalue weighted by Crippen LogP contribution is -2.30. The van der Waals surface area contributed by atoms with Gasteiger partial charge in [0.15, 0.2) is 9.84 Å². The predicted octanol–water partition coefficient (Wildman–Crippen LogP) is 2.39. The topological polar surface area (TPSA) is 34.1 Å². The lowest BCUT2D eigenvalue weighted by molar-refractivity contribution is 0.396. The van der Waals surface area contributed by atoms with E-state index in [0.717, 1.165) is 12.8 Å². The summed E-state index contributed by atoms with van der Waals surface area (Å²) < 4.78 is 22.8. The average molecular weight is 204 g/mol. The molecule has 0 saturated carbocycles. The minimum absolute atomic E-state index is 0.0943. The van der Waals surface area contributed by atoms with Gasteiger partial charge in [0.05, 0.1) is 11.0 Å². The molecule has 2 nitrogen and oxygen atoms in total. The fraction of sp³-hybridized carbons (Fsp3) is 1.00. The second-order valence-corrected chi connectivity index (χ2v) is 6.75. The van der Waals surface area contributed by atoms with Crippen molar-refractivity contribution in [1.82, 2.24) is 0 Å². The SMILES string of the molecule is CCCCC1CCS(=O)(=O)C(C)C1. The Balaban J connectivity index is 2.42. The van der Waals surface area contributed by atoms with Crippen molar-refractivity contribution in [2.24, 2.45) is 5.92 Å². The van der Waals surface area contributed by atoms with E-state index in [1.807, 2.05) is 6.92 Å². The lowest BCUT2D eigenvalue weighted by Gasteiger charge is -2.26. The molecule has 3 heteroatoms. The molecule has 0 amide bonds. The molecule has 1 aliphatic rings. The molecule has 0 N–H and O–H groups in total. The third-order valence-electron chi connectivity index (χ3n) is 3.05. The fourth-order valence-electron chi connectivity index (χ4n) is 2.02. The number of sulfone groups is 1. The van der Waals surface area contributed by atoms with Gasteiger partial charge in [0.2, 0.25) is 0 Å². The largest absolute Gasteiger partial charge is 0.229 e. The molecule has 1 heterocycles. The van der Waals surface area contributed by atoms with E-state index in [2.05, 4.69) is 6.92 Å². The predicted molar refractivity (Wildman–Crippen MR) is 55.5 cm³/mol. The van der Waals surface area contributed by atoms with Crippen LogP contribution in [0.25, 0.3) is 0 Å². The molecule has 1 saturated heterocycles.